The summed E-state index contributed by atoms with van der Waals surface area (Å²) in [6, 6.07) is 0. The number of nitrogens with two attached hydrogens (primary N) is 1. The van der Waals surface area contributed by atoms with Crippen LogP contribution >= 0.6 is 0 Å². The molecule has 1 aliphatic rings. The number of hydrogen-bond acceptors (Lipinski definition) is 5. The average Bonchev–Trinajstić information content (AvgIpc) is 2.56. The van der Waals surface area contributed by atoms with Crippen LogP contribution in [0.2, 0.25) is 0 Å². The van der Waals surface area contributed by atoms with E-state index in [2.05, 4.69) is 15.0 Å². The Morgan fingerprint density at radius 1 is 1.50 bits per heavy atom. The van der Waals surface area contributed by atoms with Gasteiger partial charge >= 0.3 is 0 Å². The predicted octanol–water partition coefficient (Wildman–Crippen LogP) is -0.0423. The lowest BCUT2D eigenvalue weighted by Gasteiger charge is -2.04. The highest BCUT2D eigenvalue weighted by molar-refractivity contribution is 5.14. The Hall–Kier alpha value is -1.23. The van der Waals surface area contributed by atoms with E-state index in [1.807, 2.05) is 0 Å². The van der Waals surface area contributed by atoms with Gasteiger partial charge in [-0.05, 0) is 6.42 Å². The van der Waals surface area contributed by atoms with Crippen molar-refractivity contribution in [1.29, 1.82) is 0 Å². The van der Waals surface area contributed by atoms with Gasteiger partial charge in [0.25, 0.3) is 0 Å². The van der Waals surface area contributed by atoms with Crippen molar-refractivity contribution in [3.8, 4) is 0 Å². The summed E-state index contributed by atoms with van der Waals surface area (Å²) in [5.41, 5.74) is 5.42. The lowest BCUT2D eigenvalue weighted by molar-refractivity contribution is 0.193. The lowest BCUT2D eigenvalue weighted by atomic mass is 10.1. The van der Waals surface area contributed by atoms with Crippen LogP contribution in [0.15, 0.2) is 6.33 Å². The molecule has 1 atom stereocenters. The highest BCUT2D eigenvalue weighted by Gasteiger charge is 2.20. The number of anilines is 1. The van der Waals surface area contributed by atoms with Crippen LogP contribution in [0.1, 0.15) is 18.2 Å². The van der Waals surface area contributed by atoms with Crippen LogP contribution in [0, 0.1) is 0 Å². The third-order valence-electron chi connectivity index (χ3n) is 1.90. The lowest BCUT2D eigenvalue weighted by Crippen LogP contribution is -2.07. The number of hydrogen-bond donors (Lipinski definition) is 1. The number of nitrogen functional groups attached to an aromatic ring is 1. The van der Waals surface area contributed by atoms with Crippen molar-refractivity contribution in [1.82, 2.24) is 15.0 Å². The van der Waals surface area contributed by atoms with Crippen molar-refractivity contribution in [2.24, 2.45) is 0 Å². The van der Waals surface area contributed by atoms with Crippen LogP contribution in [0.3, 0.4) is 0 Å². The van der Waals surface area contributed by atoms with Gasteiger partial charge < -0.3 is 10.5 Å². The minimum absolute atomic E-state index is 0.284. The molecule has 1 aliphatic heterocycles. The second-order valence-electron chi connectivity index (χ2n) is 2.76. The van der Waals surface area contributed by atoms with E-state index in [-0.39, 0.29) is 5.95 Å². The number of ether oxygens (including phenoxy) is 1. The molecule has 0 aliphatic carbocycles. The third kappa shape index (κ3) is 1.35. The summed E-state index contributed by atoms with van der Waals surface area (Å²) in [7, 11) is 0. The summed E-state index contributed by atoms with van der Waals surface area (Å²) in [5, 5.41) is 0. The predicted molar refractivity (Wildman–Crippen MR) is 42.4 cm³/mol. The molecule has 12 heavy (non-hydrogen) atoms. The molecule has 1 fully saturated rings. The minimum atomic E-state index is 0.284. The van der Waals surface area contributed by atoms with Gasteiger partial charge in [0.2, 0.25) is 5.95 Å². The fourth-order valence-electron chi connectivity index (χ4n) is 1.26. The molecule has 0 radical (unpaired) electrons. The van der Waals surface area contributed by atoms with Crippen molar-refractivity contribution < 1.29 is 4.74 Å². The molecule has 0 aromatic carbocycles. The second kappa shape index (κ2) is 3.02. The molecule has 5 nitrogen and oxygen atoms in total. The smallest absolute Gasteiger partial charge is 0.223 e. The Kier molecular flexibility index (Phi) is 1.87. The van der Waals surface area contributed by atoms with E-state index in [1.54, 1.807) is 0 Å². The van der Waals surface area contributed by atoms with Gasteiger partial charge in [-0.3, -0.25) is 0 Å². The Bertz CT molecular complexity index is 272. The summed E-state index contributed by atoms with van der Waals surface area (Å²) < 4.78 is 5.21. The molecule has 64 valence electrons. The van der Waals surface area contributed by atoms with E-state index >= 15 is 0 Å². The maximum atomic E-state index is 5.42. The topological polar surface area (TPSA) is 73.9 Å². The first-order chi connectivity index (χ1) is 5.86. The van der Waals surface area contributed by atoms with Gasteiger partial charge in [0.1, 0.15) is 12.2 Å². The summed E-state index contributed by atoms with van der Waals surface area (Å²) in [5.74, 6) is 1.34. The highest BCUT2D eigenvalue weighted by atomic mass is 16.5. The zero-order valence-electron chi connectivity index (χ0n) is 6.60. The average molecular weight is 166 g/mol. The molecular weight excluding hydrogens is 156 g/mol. The Labute approximate surface area is 70.0 Å². The van der Waals surface area contributed by atoms with Crippen molar-refractivity contribution in [3.63, 3.8) is 0 Å². The Balaban J connectivity index is 2.21. The quantitative estimate of drug-likeness (QED) is 0.633. The Morgan fingerprint density at radius 2 is 2.42 bits per heavy atom. The first-order valence-corrected chi connectivity index (χ1v) is 3.88. The van der Waals surface area contributed by atoms with Crippen LogP contribution in [0.25, 0.3) is 0 Å². The summed E-state index contributed by atoms with van der Waals surface area (Å²) in [6.07, 6.45) is 2.42. The van der Waals surface area contributed by atoms with Gasteiger partial charge in [0.15, 0.2) is 0 Å². The van der Waals surface area contributed by atoms with Gasteiger partial charge in [0, 0.05) is 12.5 Å². The molecule has 0 saturated carbocycles. The van der Waals surface area contributed by atoms with E-state index in [4.69, 9.17) is 10.5 Å². The summed E-state index contributed by atoms with van der Waals surface area (Å²) in [6.45, 7) is 1.49. The maximum Gasteiger partial charge on any atom is 0.223 e. The summed E-state index contributed by atoms with van der Waals surface area (Å²) in [4.78, 5) is 11.8. The van der Waals surface area contributed by atoms with Crippen LogP contribution in [0.4, 0.5) is 5.95 Å². The molecule has 0 amide bonds. The summed E-state index contributed by atoms with van der Waals surface area (Å²) >= 11 is 0. The molecule has 1 saturated heterocycles. The van der Waals surface area contributed by atoms with Crippen molar-refractivity contribution in [2.75, 3.05) is 18.9 Å². The van der Waals surface area contributed by atoms with Crippen molar-refractivity contribution in [2.45, 2.75) is 12.3 Å². The minimum Gasteiger partial charge on any atom is -0.381 e. The van der Waals surface area contributed by atoms with Gasteiger partial charge in [-0.1, -0.05) is 0 Å². The van der Waals surface area contributed by atoms with Gasteiger partial charge in [-0.15, -0.1) is 0 Å². The van der Waals surface area contributed by atoms with E-state index in [9.17, 15) is 0 Å². The molecule has 0 bridgehead atoms. The molecule has 1 aromatic rings. The van der Waals surface area contributed by atoms with Crippen LogP contribution in [-0.4, -0.2) is 28.2 Å². The fraction of sp³-hybridized carbons (Fsp3) is 0.571. The Morgan fingerprint density at radius 3 is 3.08 bits per heavy atom. The molecule has 1 aromatic heterocycles. The SMILES string of the molecule is Nc1ncnc(C2CCOC2)n1. The van der Waals surface area contributed by atoms with E-state index in [0.717, 1.165) is 18.9 Å². The van der Waals surface area contributed by atoms with Gasteiger partial charge in [-0.2, -0.15) is 4.98 Å². The molecule has 1 unspecified atom stereocenters. The number of aromatic nitrogens is 3. The third-order valence-corrected chi connectivity index (χ3v) is 1.90. The molecule has 5 heteroatoms. The number of nitrogens with zero attached hydrogens (tertiary/aromatic N) is 3. The first kappa shape index (κ1) is 7.42. The monoisotopic (exact) mass is 166 g/mol. The standard InChI is InChI=1S/C7H10N4O/c8-7-10-4-9-6(11-7)5-1-2-12-3-5/h4-5H,1-3H2,(H2,8,9,10,11). The molecular formula is C7H10N4O. The van der Waals surface area contributed by atoms with E-state index in [0.29, 0.717) is 12.5 Å². The second-order valence-corrected chi connectivity index (χ2v) is 2.76. The highest BCUT2D eigenvalue weighted by Crippen LogP contribution is 2.21. The zero-order chi connectivity index (χ0) is 8.39. The zero-order valence-corrected chi connectivity index (χ0v) is 6.60. The van der Waals surface area contributed by atoms with Crippen LogP contribution in [0.5, 0.6) is 0 Å². The van der Waals surface area contributed by atoms with E-state index < -0.39 is 0 Å². The molecule has 0 spiro atoms. The molecule has 2 heterocycles. The first-order valence-electron chi connectivity index (χ1n) is 3.88. The largest absolute Gasteiger partial charge is 0.381 e. The normalized spacial score (nSPS) is 22.8. The molecule has 2 rings (SSSR count). The van der Waals surface area contributed by atoms with Gasteiger partial charge in [0.05, 0.1) is 6.61 Å². The fourth-order valence-corrected chi connectivity index (χ4v) is 1.26. The van der Waals surface area contributed by atoms with Crippen molar-refractivity contribution >= 4 is 5.95 Å². The van der Waals surface area contributed by atoms with Crippen molar-refractivity contribution in [3.05, 3.63) is 12.2 Å². The van der Waals surface area contributed by atoms with E-state index in [1.165, 1.54) is 6.33 Å². The van der Waals surface area contributed by atoms with Crippen LogP contribution in [-0.2, 0) is 4.74 Å². The van der Waals surface area contributed by atoms with Crippen LogP contribution < -0.4 is 5.73 Å². The number of rotatable bonds is 1. The maximum absolute atomic E-state index is 5.42. The molecule has 2 N–H and O–H groups in total. The van der Waals surface area contributed by atoms with Gasteiger partial charge in [-0.25, -0.2) is 9.97 Å².